The van der Waals surface area contributed by atoms with Crippen molar-refractivity contribution in [1.29, 1.82) is 0 Å². The van der Waals surface area contributed by atoms with E-state index in [1.165, 1.54) is 5.56 Å². The molecule has 0 N–H and O–H groups in total. The van der Waals surface area contributed by atoms with E-state index < -0.39 is 0 Å². The molecule has 0 bridgehead atoms. The molecule has 4 rings (SSSR count). The number of aromatic nitrogens is 2. The first-order chi connectivity index (χ1) is 13.7. The van der Waals surface area contributed by atoms with E-state index in [0.717, 1.165) is 22.5 Å². The number of pyridine rings is 2. The van der Waals surface area contributed by atoms with Crippen molar-refractivity contribution >= 4 is 17.3 Å². The molecular formula is C24H19N3O. The van der Waals surface area contributed by atoms with Crippen molar-refractivity contribution in [3.05, 3.63) is 109 Å². The highest BCUT2D eigenvalue weighted by Crippen LogP contribution is 2.31. The summed E-state index contributed by atoms with van der Waals surface area (Å²) < 4.78 is 0. The first kappa shape index (κ1) is 17.6. The smallest absolute Gasteiger partial charge is 0.264 e. The molecule has 4 nitrogen and oxygen atoms in total. The zero-order valence-corrected chi connectivity index (χ0v) is 15.5. The maximum atomic E-state index is 13.3. The van der Waals surface area contributed by atoms with E-state index in [9.17, 15) is 4.79 Å². The van der Waals surface area contributed by atoms with Crippen molar-refractivity contribution in [3.63, 3.8) is 0 Å². The van der Waals surface area contributed by atoms with Crippen LogP contribution in [0.25, 0.3) is 11.1 Å². The number of hydrogen-bond acceptors (Lipinski definition) is 3. The average molecular weight is 365 g/mol. The molecule has 4 aromatic rings. The molecule has 2 aromatic heterocycles. The molecule has 0 aliphatic rings. The van der Waals surface area contributed by atoms with Crippen molar-refractivity contribution < 1.29 is 4.79 Å². The minimum atomic E-state index is -0.139. The Morgan fingerprint density at radius 2 is 1.54 bits per heavy atom. The van der Waals surface area contributed by atoms with E-state index >= 15 is 0 Å². The van der Waals surface area contributed by atoms with Crippen LogP contribution >= 0.6 is 0 Å². The van der Waals surface area contributed by atoms with Crippen LogP contribution in [0.5, 0.6) is 0 Å². The maximum Gasteiger partial charge on any atom is 0.264 e. The molecule has 28 heavy (non-hydrogen) atoms. The predicted octanol–water partition coefficient (Wildman–Crippen LogP) is 5.43. The second-order valence-corrected chi connectivity index (χ2v) is 6.50. The molecule has 0 aliphatic heterocycles. The quantitative estimate of drug-likeness (QED) is 0.484. The normalized spacial score (nSPS) is 10.5. The molecule has 0 radical (unpaired) electrons. The lowest BCUT2D eigenvalue weighted by Gasteiger charge is -2.23. The van der Waals surface area contributed by atoms with E-state index in [2.05, 4.69) is 41.2 Å². The van der Waals surface area contributed by atoms with Gasteiger partial charge in [-0.2, -0.15) is 0 Å². The molecule has 2 aromatic carbocycles. The first-order valence-corrected chi connectivity index (χ1v) is 9.04. The number of benzene rings is 2. The van der Waals surface area contributed by atoms with Crippen LogP contribution in [0.4, 0.5) is 11.4 Å². The van der Waals surface area contributed by atoms with Crippen molar-refractivity contribution in [2.75, 3.05) is 4.90 Å². The summed E-state index contributed by atoms with van der Waals surface area (Å²) in [5.41, 5.74) is 5.44. The van der Waals surface area contributed by atoms with Crippen LogP contribution in [-0.4, -0.2) is 15.9 Å². The van der Waals surface area contributed by atoms with E-state index in [-0.39, 0.29) is 5.91 Å². The fourth-order valence-electron chi connectivity index (χ4n) is 3.07. The van der Waals surface area contributed by atoms with Gasteiger partial charge in [0.15, 0.2) is 0 Å². The first-order valence-electron chi connectivity index (χ1n) is 9.04. The van der Waals surface area contributed by atoms with Gasteiger partial charge in [0.05, 0.1) is 11.3 Å². The molecule has 0 spiro atoms. The van der Waals surface area contributed by atoms with Gasteiger partial charge in [0.1, 0.15) is 0 Å². The summed E-state index contributed by atoms with van der Waals surface area (Å²) in [6.07, 6.45) is 6.61. The predicted molar refractivity (Wildman–Crippen MR) is 112 cm³/mol. The number of anilines is 2. The highest BCUT2D eigenvalue weighted by molar-refractivity contribution is 6.10. The monoisotopic (exact) mass is 365 g/mol. The summed E-state index contributed by atoms with van der Waals surface area (Å²) in [4.78, 5) is 23.2. The Hall–Kier alpha value is -3.79. The lowest BCUT2D eigenvalue weighted by atomic mass is 10.0. The van der Waals surface area contributed by atoms with Crippen LogP contribution in [0, 0.1) is 6.92 Å². The van der Waals surface area contributed by atoms with E-state index in [0.29, 0.717) is 5.56 Å². The van der Waals surface area contributed by atoms with Gasteiger partial charge in [-0.3, -0.25) is 19.7 Å². The number of aryl methyl sites for hydroxylation is 1. The summed E-state index contributed by atoms with van der Waals surface area (Å²) in [7, 11) is 0. The lowest BCUT2D eigenvalue weighted by molar-refractivity contribution is 0.0999. The standard InChI is InChI=1S/C24H19N3O/c1-18-7-9-19(10-8-18)20-4-2-6-23(16-20)27(22-11-14-25-15-12-22)24(28)21-5-3-13-26-17-21/h2-17H,1H3. The Morgan fingerprint density at radius 1 is 0.750 bits per heavy atom. The van der Waals surface area contributed by atoms with E-state index in [4.69, 9.17) is 0 Å². The molecule has 0 fully saturated rings. The number of carbonyl (C=O) groups is 1. The third-order valence-electron chi connectivity index (χ3n) is 4.52. The van der Waals surface area contributed by atoms with Crippen LogP contribution in [0.3, 0.4) is 0 Å². The van der Waals surface area contributed by atoms with Gasteiger partial charge in [-0.1, -0.05) is 42.0 Å². The number of nitrogens with zero attached hydrogens (tertiary/aromatic N) is 3. The Bertz CT molecular complexity index is 1080. The number of hydrogen-bond donors (Lipinski definition) is 0. The zero-order chi connectivity index (χ0) is 19.3. The van der Waals surface area contributed by atoms with Gasteiger partial charge in [0, 0.05) is 30.5 Å². The van der Waals surface area contributed by atoms with Crippen LogP contribution in [-0.2, 0) is 0 Å². The minimum Gasteiger partial charge on any atom is -0.277 e. The van der Waals surface area contributed by atoms with Crippen molar-refractivity contribution in [1.82, 2.24) is 9.97 Å². The number of amides is 1. The largest absolute Gasteiger partial charge is 0.277 e. The van der Waals surface area contributed by atoms with Crippen LogP contribution in [0.2, 0.25) is 0 Å². The number of rotatable bonds is 4. The Balaban J connectivity index is 1.80. The van der Waals surface area contributed by atoms with Crippen LogP contribution in [0.15, 0.2) is 97.6 Å². The van der Waals surface area contributed by atoms with Gasteiger partial charge >= 0.3 is 0 Å². The topological polar surface area (TPSA) is 46.1 Å². The molecule has 0 aliphatic carbocycles. The van der Waals surface area contributed by atoms with Gasteiger partial charge in [0.2, 0.25) is 0 Å². The Kier molecular flexibility index (Phi) is 4.93. The SMILES string of the molecule is Cc1ccc(-c2cccc(N(C(=O)c3cccnc3)c3ccncc3)c2)cc1. The molecule has 0 saturated carbocycles. The fraction of sp³-hybridized carbons (Fsp3) is 0.0417. The highest BCUT2D eigenvalue weighted by atomic mass is 16.2. The van der Waals surface area contributed by atoms with Gasteiger partial charge < -0.3 is 0 Å². The third-order valence-corrected chi connectivity index (χ3v) is 4.52. The maximum absolute atomic E-state index is 13.3. The van der Waals surface area contributed by atoms with Gasteiger partial charge in [-0.15, -0.1) is 0 Å². The summed E-state index contributed by atoms with van der Waals surface area (Å²) in [6, 6.07) is 23.5. The summed E-state index contributed by atoms with van der Waals surface area (Å²) in [6.45, 7) is 2.07. The van der Waals surface area contributed by atoms with E-state index in [1.807, 2.05) is 36.4 Å². The zero-order valence-electron chi connectivity index (χ0n) is 15.5. The highest BCUT2D eigenvalue weighted by Gasteiger charge is 2.20. The molecule has 4 heteroatoms. The van der Waals surface area contributed by atoms with Gasteiger partial charge in [-0.25, -0.2) is 0 Å². The molecule has 0 atom stereocenters. The van der Waals surface area contributed by atoms with Gasteiger partial charge in [-0.05, 0) is 54.4 Å². The van der Waals surface area contributed by atoms with Crippen LogP contribution in [0.1, 0.15) is 15.9 Å². The molecule has 1 amide bonds. The molecule has 2 heterocycles. The van der Waals surface area contributed by atoms with E-state index in [1.54, 1.807) is 41.8 Å². The lowest BCUT2D eigenvalue weighted by Crippen LogP contribution is -2.26. The molecular weight excluding hydrogens is 346 g/mol. The Labute approximate surface area is 164 Å². The van der Waals surface area contributed by atoms with Crippen molar-refractivity contribution in [2.45, 2.75) is 6.92 Å². The summed E-state index contributed by atoms with van der Waals surface area (Å²) in [5, 5.41) is 0. The number of carbonyl (C=O) groups excluding carboxylic acids is 1. The minimum absolute atomic E-state index is 0.139. The molecule has 0 saturated heterocycles. The summed E-state index contributed by atoms with van der Waals surface area (Å²) >= 11 is 0. The fourth-order valence-corrected chi connectivity index (χ4v) is 3.07. The molecule has 0 unspecified atom stereocenters. The second kappa shape index (κ2) is 7.84. The third kappa shape index (κ3) is 3.67. The average Bonchev–Trinajstić information content (AvgIpc) is 2.76. The van der Waals surface area contributed by atoms with Crippen LogP contribution < -0.4 is 4.90 Å². The second-order valence-electron chi connectivity index (χ2n) is 6.50. The van der Waals surface area contributed by atoms with Crippen molar-refractivity contribution in [2.24, 2.45) is 0 Å². The van der Waals surface area contributed by atoms with Gasteiger partial charge in [0.25, 0.3) is 5.91 Å². The summed E-state index contributed by atoms with van der Waals surface area (Å²) in [5.74, 6) is -0.139. The van der Waals surface area contributed by atoms with Crippen molar-refractivity contribution in [3.8, 4) is 11.1 Å². The Morgan fingerprint density at radius 3 is 2.25 bits per heavy atom. The molecule has 136 valence electrons.